The molecule has 7 heteroatoms. The Bertz CT molecular complexity index is 415. The summed E-state index contributed by atoms with van der Waals surface area (Å²) in [5.74, 6) is -1.30. The van der Waals surface area contributed by atoms with Crippen molar-refractivity contribution >= 4 is 23.0 Å². The minimum absolute atomic E-state index is 0.263. The third kappa shape index (κ3) is 3.79. The number of carbonyl (C=O) groups is 1. The van der Waals surface area contributed by atoms with E-state index in [2.05, 4.69) is 0 Å². The first-order valence-corrected chi connectivity index (χ1v) is 5.75. The van der Waals surface area contributed by atoms with Gasteiger partial charge in [0, 0.05) is 10.9 Å². The topological polar surface area (TPSA) is 101 Å². The molecule has 0 aliphatic rings. The van der Waals surface area contributed by atoms with Gasteiger partial charge in [0.15, 0.2) is 4.88 Å². The zero-order valence-electron chi connectivity index (χ0n) is 9.47. The predicted molar refractivity (Wildman–Crippen MR) is 62.6 cm³/mol. The zero-order chi connectivity index (χ0) is 13.2. The van der Waals surface area contributed by atoms with Gasteiger partial charge in [0.1, 0.15) is 0 Å². The van der Waals surface area contributed by atoms with Crippen LogP contribution < -0.4 is 0 Å². The predicted octanol–water partition coefficient (Wildman–Crippen LogP) is 2.06. The van der Waals surface area contributed by atoms with Crippen LogP contribution in [-0.2, 0) is 6.42 Å². The van der Waals surface area contributed by atoms with Crippen molar-refractivity contribution in [3.05, 3.63) is 25.9 Å². The molecule has 0 saturated heterocycles. The van der Waals surface area contributed by atoms with Crippen molar-refractivity contribution in [2.24, 2.45) is 0 Å². The molecule has 1 heterocycles. The minimum Gasteiger partial charge on any atom is -0.477 e. The summed E-state index contributed by atoms with van der Waals surface area (Å²) in [4.78, 5) is 21.1. The van der Waals surface area contributed by atoms with E-state index in [1.54, 1.807) is 13.8 Å². The second kappa shape index (κ2) is 4.80. The van der Waals surface area contributed by atoms with E-state index in [0.29, 0.717) is 17.7 Å². The van der Waals surface area contributed by atoms with Crippen LogP contribution in [-0.4, -0.2) is 26.7 Å². The molecule has 0 radical (unpaired) electrons. The summed E-state index contributed by atoms with van der Waals surface area (Å²) < 4.78 is 0. The Kier molecular flexibility index (Phi) is 3.84. The summed E-state index contributed by atoms with van der Waals surface area (Å²) in [6, 6.07) is 1.26. The maximum atomic E-state index is 10.8. The summed E-state index contributed by atoms with van der Waals surface area (Å²) >= 11 is 0.884. The van der Waals surface area contributed by atoms with Gasteiger partial charge in [0.2, 0.25) is 0 Å². The monoisotopic (exact) mass is 259 g/mol. The molecule has 1 aromatic rings. The number of aliphatic hydroxyl groups is 1. The third-order valence-corrected chi connectivity index (χ3v) is 3.31. The van der Waals surface area contributed by atoms with Gasteiger partial charge in [-0.05, 0) is 26.7 Å². The smallest absolute Gasteiger partial charge is 0.353 e. The largest absolute Gasteiger partial charge is 0.477 e. The summed E-state index contributed by atoms with van der Waals surface area (Å²) in [6.07, 6.45) is 0.839. The van der Waals surface area contributed by atoms with E-state index < -0.39 is 16.5 Å². The standard InChI is InChI=1S/C10H13NO5S/c1-10(2,14)4-3-6-5-7(11(15)16)8(17-6)9(12)13/h5,14H,3-4H2,1-2H3,(H,12,13). The van der Waals surface area contributed by atoms with Crippen LogP contribution in [0.1, 0.15) is 34.8 Å². The van der Waals surface area contributed by atoms with Gasteiger partial charge in [0.25, 0.3) is 5.69 Å². The Hall–Kier alpha value is -1.47. The van der Waals surface area contributed by atoms with E-state index in [9.17, 15) is 20.0 Å². The highest BCUT2D eigenvalue weighted by atomic mass is 32.1. The molecule has 0 unspecified atom stereocenters. The first kappa shape index (κ1) is 13.6. The highest BCUT2D eigenvalue weighted by Gasteiger charge is 2.25. The second-order valence-electron chi connectivity index (χ2n) is 4.30. The van der Waals surface area contributed by atoms with Gasteiger partial charge in [-0.3, -0.25) is 10.1 Å². The number of thiophene rings is 1. The molecule has 1 aromatic heterocycles. The average Bonchev–Trinajstić information content (AvgIpc) is 2.57. The molecule has 0 spiro atoms. The Balaban J connectivity index is 2.93. The Morgan fingerprint density at radius 1 is 1.59 bits per heavy atom. The summed E-state index contributed by atoms with van der Waals surface area (Å²) in [5, 5.41) is 29.0. The lowest BCUT2D eigenvalue weighted by molar-refractivity contribution is -0.384. The van der Waals surface area contributed by atoms with E-state index in [0.717, 1.165) is 11.3 Å². The second-order valence-corrected chi connectivity index (χ2v) is 5.44. The van der Waals surface area contributed by atoms with Crippen LogP contribution in [0.5, 0.6) is 0 Å². The van der Waals surface area contributed by atoms with Gasteiger partial charge < -0.3 is 10.2 Å². The van der Waals surface area contributed by atoms with Crippen molar-refractivity contribution < 1.29 is 19.9 Å². The van der Waals surface area contributed by atoms with E-state index in [-0.39, 0.29) is 10.6 Å². The molecule has 2 N–H and O–H groups in total. The van der Waals surface area contributed by atoms with Crippen LogP contribution in [0.25, 0.3) is 0 Å². The number of aryl methyl sites for hydroxylation is 1. The molecule has 0 fully saturated rings. The molecular formula is C10H13NO5S. The number of nitro groups is 1. The molecule has 0 amide bonds. The average molecular weight is 259 g/mol. The fourth-order valence-electron chi connectivity index (χ4n) is 1.27. The maximum absolute atomic E-state index is 10.8. The Labute approximate surface area is 102 Å². The number of hydrogen-bond donors (Lipinski definition) is 2. The van der Waals surface area contributed by atoms with Crippen LogP contribution in [0.3, 0.4) is 0 Å². The molecule has 0 bridgehead atoms. The molecule has 0 saturated carbocycles. The normalized spacial score (nSPS) is 11.5. The first-order chi connectivity index (χ1) is 7.70. The van der Waals surface area contributed by atoms with Crippen molar-refractivity contribution in [2.75, 3.05) is 0 Å². The Morgan fingerprint density at radius 2 is 2.18 bits per heavy atom. The van der Waals surface area contributed by atoms with Crippen LogP contribution in [0.15, 0.2) is 6.07 Å². The molecule has 17 heavy (non-hydrogen) atoms. The van der Waals surface area contributed by atoms with Crippen molar-refractivity contribution in [1.29, 1.82) is 0 Å². The number of rotatable bonds is 5. The molecule has 0 aliphatic heterocycles. The van der Waals surface area contributed by atoms with Crippen LogP contribution in [0.2, 0.25) is 0 Å². The quantitative estimate of drug-likeness (QED) is 0.622. The van der Waals surface area contributed by atoms with Gasteiger partial charge in [-0.15, -0.1) is 11.3 Å². The molecule has 6 nitrogen and oxygen atoms in total. The van der Waals surface area contributed by atoms with E-state index in [1.807, 2.05) is 0 Å². The molecular weight excluding hydrogens is 246 g/mol. The van der Waals surface area contributed by atoms with Crippen LogP contribution in [0, 0.1) is 10.1 Å². The molecule has 0 atom stereocenters. The zero-order valence-corrected chi connectivity index (χ0v) is 10.3. The van der Waals surface area contributed by atoms with Crippen molar-refractivity contribution in [3.63, 3.8) is 0 Å². The number of aromatic carboxylic acids is 1. The fraction of sp³-hybridized carbons (Fsp3) is 0.500. The van der Waals surface area contributed by atoms with Gasteiger partial charge in [-0.1, -0.05) is 0 Å². The van der Waals surface area contributed by atoms with E-state index >= 15 is 0 Å². The number of hydrogen-bond acceptors (Lipinski definition) is 5. The fourth-order valence-corrected chi connectivity index (χ4v) is 2.23. The number of carboxylic acids is 1. The number of carboxylic acid groups (broad SMARTS) is 1. The van der Waals surface area contributed by atoms with Gasteiger partial charge in [-0.2, -0.15) is 0 Å². The molecule has 0 aromatic carbocycles. The van der Waals surface area contributed by atoms with E-state index in [1.165, 1.54) is 6.07 Å². The summed E-state index contributed by atoms with van der Waals surface area (Å²) in [7, 11) is 0. The van der Waals surface area contributed by atoms with Crippen molar-refractivity contribution in [2.45, 2.75) is 32.3 Å². The molecule has 94 valence electrons. The van der Waals surface area contributed by atoms with Gasteiger partial charge >= 0.3 is 5.97 Å². The van der Waals surface area contributed by atoms with Gasteiger partial charge in [-0.25, -0.2) is 4.79 Å². The molecule has 1 rings (SSSR count). The first-order valence-electron chi connectivity index (χ1n) is 4.93. The third-order valence-electron chi connectivity index (χ3n) is 2.14. The SMILES string of the molecule is CC(C)(O)CCc1cc([N+](=O)[O-])c(C(=O)O)s1. The van der Waals surface area contributed by atoms with E-state index in [4.69, 9.17) is 5.11 Å². The van der Waals surface area contributed by atoms with Crippen LogP contribution in [0.4, 0.5) is 5.69 Å². The lowest BCUT2D eigenvalue weighted by Gasteiger charge is -2.15. The minimum atomic E-state index is -1.30. The Morgan fingerprint density at radius 3 is 2.53 bits per heavy atom. The van der Waals surface area contributed by atoms with Crippen molar-refractivity contribution in [3.8, 4) is 0 Å². The van der Waals surface area contributed by atoms with Crippen LogP contribution >= 0.6 is 11.3 Å². The highest BCUT2D eigenvalue weighted by Crippen LogP contribution is 2.30. The highest BCUT2D eigenvalue weighted by molar-refractivity contribution is 7.14. The summed E-state index contributed by atoms with van der Waals surface area (Å²) in [5.41, 5.74) is -1.25. The number of nitrogens with zero attached hydrogens (tertiary/aromatic N) is 1. The lowest BCUT2D eigenvalue weighted by Crippen LogP contribution is -2.18. The van der Waals surface area contributed by atoms with Crippen molar-refractivity contribution in [1.82, 2.24) is 0 Å². The molecule has 0 aliphatic carbocycles. The summed E-state index contributed by atoms with van der Waals surface area (Å²) in [6.45, 7) is 3.26. The maximum Gasteiger partial charge on any atom is 0.353 e. The lowest BCUT2D eigenvalue weighted by atomic mass is 10.0. The van der Waals surface area contributed by atoms with Gasteiger partial charge in [0.05, 0.1) is 10.5 Å².